The fourth-order valence-electron chi connectivity index (χ4n) is 2.52. The first-order chi connectivity index (χ1) is 10.7. The number of carbonyl (C=O) groups is 1. The van der Waals surface area contributed by atoms with Gasteiger partial charge in [-0.3, -0.25) is 4.79 Å². The first kappa shape index (κ1) is 17.1. The minimum atomic E-state index is -0.762. The number of phenolic OH excluding ortho intramolecular Hbond substituents is 1. The summed E-state index contributed by atoms with van der Waals surface area (Å²) in [4.78, 5) is 12.6. The van der Waals surface area contributed by atoms with E-state index in [-0.39, 0.29) is 28.7 Å². The summed E-state index contributed by atoms with van der Waals surface area (Å²) in [5.41, 5.74) is 1.19. The molecule has 4 heteroatoms. The molecular formula is C19H20F2O2. The van der Waals surface area contributed by atoms with Crippen LogP contribution in [0.25, 0.3) is 0 Å². The first-order valence-corrected chi connectivity index (χ1v) is 7.59. The summed E-state index contributed by atoms with van der Waals surface area (Å²) in [7, 11) is 0. The van der Waals surface area contributed by atoms with Crippen molar-refractivity contribution in [3.8, 4) is 5.75 Å². The summed E-state index contributed by atoms with van der Waals surface area (Å²) in [6.45, 7) is 7.60. The largest absolute Gasteiger partial charge is 0.507 e. The first-order valence-electron chi connectivity index (χ1n) is 7.59. The minimum Gasteiger partial charge on any atom is -0.507 e. The van der Waals surface area contributed by atoms with Crippen LogP contribution in [0.1, 0.15) is 66.6 Å². The molecule has 0 heterocycles. The number of hydrogen-bond acceptors (Lipinski definition) is 2. The Morgan fingerprint density at radius 2 is 1.48 bits per heavy atom. The molecule has 2 aromatic rings. The second-order valence-corrected chi connectivity index (χ2v) is 6.27. The molecule has 122 valence electrons. The van der Waals surface area contributed by atoms with Gasteiger partial charge < -0.3 is 5.11 Å². The molecule has 0 aliphatic rings. The van der Waals surface area contributed by atoms with Crippen LogP contribution in [0.5, 0.6) is 5.75 Å². The SMILES string of the molecule is CC(C)c1cc(C(=O)c2cc(F)ccc2F)cc(C(C)C)c1O. The Hall–Kier alpha value is -2.23. The van der Waals surface area contributed by atoms with Crippen molar-refractivity contribution in [3.05, 3.63) is 64.2 Å². The van der Waals surface area contributed by atoms with Crippen molar-refractivity contribution in [1.82, 2.24) is 0 Å². The predicted octanol–water partition coefficient (Wildman–Crippen LogP) is 5.15. The number of hydrogen-bond donors (Lipinski definition) is 1. The maximum absolute atomic E-state index is 13.9. The van der Waals surface area contributed by atoms with Crippen LogP contribution in [0.3, 0.4) is 0 Å². The maximum atomic E-state index is 13.9. The topological polar surface area (TPSA) is 37.3 Å². The van der Waals surface area contributed by atoms with Crippen LogP contribution in [0.4, 0.5) is 8.78 Å². The molecule has 0 saturated carbocycles. The van der Waals surface area contributed by atoms with Gasteiger partial charge in [0.25, 0.3) is 0 Å². The lowest BCUT2D eigenvalue weighted by atomic mass is 9.89. The molecule has 0 unspecified atom stereocenters. The zero-order valence-electron chi connectivity index (χ0n) is 13.7. The zero-order valence-corrected chi connectivity index (χ0v) is 13.7. The van der Waals surface area contributed by atoms with Gasteiger partial charge in [-0.2, -0.15) is 0 Å². The fourth-order valence-corrected chi connectivity index (χ4v) is 2.52. The molecule has 0 saturated heterocycles. The summed E-state index contributed by atoms with van der Waals surface area (Å²) in [6, 6.07) is 5.92. The molecule has 0 spiro atoms. The van der Waals surface area contributed by atoms with Gasteiger partial charge in [-0.25, -0.2) is 8.78 Å². The van der Waals surface area contributed by atoms with E-state index >= 15 is 0 Å². The van der Waals surface area contributed by atoms with Crippen molar-refractivity contribution >= 4 is 5.78 Å². The van der Waals surface area contributed by atoms with Crippen LogP contribution < -0.4 is 0 Å². The number of carbonyl (C=O) groups excluding carboxylic acids is 1. The summed E-state index contributed by atoms with van der Waals surface area (Å²) in [5, 5.41) is 10.4. The van der Waals surface area contributed by atoms with Crippen molar-refractivity contribution in [2.75, 3.05) is 0 Å². The monoisotopic (exact) mass is 318 g/mol. The molecule has 1 N–H and O–H groups in total. The second-order valence-electron chi connectivity index (χ2n) is 6.27. The Kier molecular flexibility index (Phi) is 4.83. The smallest absolute Gasteiger partial charge is 0.196 e. The second kappa shape index (κ2) is 6.49. The number of ketones is 1. The standard InChI is InChI=1S/C19H20F2O2/c1-10(2)14-7-12(8-15(11(3)4)19(14)23)18(22)16-9-13(20)5-6-17(16)21/h5-11,23H,1-4H3. The van der Waals surface area contributed by atoms with E-state index in [9.17, 15) is 18.7 Å². The van der Waals surface area contributed by atoms with E-state index in [1.165, 1.54) is 0 Å². The van der Waals surface area contributed by atoms with Crippen molar-refractivity contribution in [2.45, 2.75) is 39.5 Å². The Labute approximate surface area is 134 Å². The highest BCUT2D eigenvalue weighted by molar-refractivity contribution is 6.09. The van der Waals surface area contributed by atoms with Crippen LogP contribution in [0, 0.1) is 11.6 Å². The molecule has 2 aromatic carbocycles. The van der Waals surface area contributed by atoms with Gasteiger partial charge in [-0.15, -0.1) is 0 Å². The predicted molar refractivity (Wildman–Crippen MR) is 86.1 cm³/mol. The average Bonchev–Trinajstić information content (AvgIpc) is 2.48. The zero-order chi connectivity index (χ0) is 17.3. The van der Waals surface area contributed by atoms with Gasteiger partial charge in [0.1, 0.15) is 17.4 Å². The summed E-state index contributed by atoms with van der Waals surface area (Å²) >= 11 is 0. The molecule has 0 aromatic heterocycles. The van der Waals surface area contributed by atoms with Crippen molar-refractivity contribution < 1.29 is 18.7 Å². The van der Waals surface area contributed by atoms with Crippen LogP contribution in [0.2, 0.25) is 0 Å². The lowest BCUT2D eigenvalue weighted by molar-refractivity contribution is 0.103. The number of aromatic hydroxyl groups is 1. The molecule has 0 amide bonds. The third-order valence-electron chi connectivity index (χ3n) is 3.85. The molecule has 2 nitrogen and oxygen atoms in total. The number of rotatable bonds is 4. The molecule has 0 aliphatic heterocycles. The maximum Gasteiger partial charge on any atom is 0.196 e. The van der Waals surface area contributed by atoms with Crippen LogP contribution in [-0.4, -0.2) is 10.9 Å². The van der Waals surface area contributed by atoms with Gasteiger partial charge in [-0.05, 0) is 53.3 Å². The van der Waals surface area contributed by atoms with Gasteiger partial charge in [0.2, 0.25) is 0 Å². The van der Waals surface area contributed by atoms with E-state index in [4.69, 9.17) is 0 Å². The molecule has 0 radical (unpaired) electrons. The van der Waals surface area contributed by atoms with Crippen molar-refractivity contribution in [3.63, 3.8) is 0 Å². The van der Waals surface area contributed by atoms with E-state index < -0.39 is 17.4 Å². The van der Waals surface area contributed by atoms with E-state index in [0.717, 1.165) is 18.2 Å². The summed E-state index contributed by atoms with van der Waals surface area (Å²) in [6.07, 6.45) is 0. The van der Waals surface area contributed by atoms with Gasteiger partial charge in [0, 0.05) is 5.56 Å². The minimum absolute atomic E-state index is 0.00222. The van der Waals surface area contributed by atoms with Crippen molar-refractivity contribution in [2.24, 2.45) is 0 Å². The molecule has 23 heavy (non-hydrogen) atoms. The van der Waals surface area contributed by atoms with Crippen LogP contribution in [-0.2, 0) is 0 Å². The summed E-state index contributed by atoms with van der Waals surface area (Å²) in [5.74, 6) is -1.87. The highest BCUT2D eigenvalue weighted by atomic mass is 19.1. The molecule has 0 aliphatic carbocycles. The Bertz CT molecular complexity index is 720. The van der Waals surface area contributed by atoms with Crippen molar-refractivity contribution in [1.29, 1.82) is 0 Å². The molecule has 2 rings (SSSR count). The third-order valence-corrected chi connectivity index (χ3v) is 3.85. The Balaban J connectivity index is 2.63. The number of halogens is 2. The lowest BCUT2D eigenvalue weighted by Crippen LogP contribution is -2.08. The van der Waals surface area contributed by atoms with E-state index in [0.29, 0.717) is 11.1 Å². The van der Waals surface area contributed by atoms with Crippen LogP contribution >= 0.6 is 0 Å². The molecule has 0 bridgehead atoms. The van der Waals surface area contributed by atoms with E-state index in [1.807, 2.05) is 27.7 Å². The quantitative estimate of drug-likeness (QED) is 0.792. The highest BCUT2D eigenvalue weighted by Crippen LogP contribution is 2.35. The van der Waals surface area contributed by atoms with E-state index in [1.54, 1.807) is 12.1 Å². The fraction of sp³-hybridized carbons (Fsp3) is 0.316. The normalized spacial score (nSPS) is 11.3. The van der Waals surface area contributed by atoms with Gasteiger partial charge in [0.05, 0.1) is 5.56 Å². The molecule has 0 atom stereocenters. The third kappa shape index (κ3) is 3.41. The summed E-state index contributed by atoms with van der Waals surface area (Å²) < 4.78 is 27.2. The lowest BCUT2D eigenvalue weighted by Gasteiger charge is -2.17. The number of benzene rings is 2. The highest BCUT2D eigenvalue weighted by Gasteiger charge is 2.21. The van der Waals surface area contributed by atoms with Crippen LogP contribution in [0.15, 0.2) is 30.3 Å². The van der Waals surface area contributed by atoms with Gasteiger partial charge in [0.15, 0.2) is 5.78 Å². The molecule has 0 fully saturated rings. The van der Waals surface area contributed by atoms with E-state index in [2.05, 4.69) is 0 Å². The van der Waals surface area contributed by atoms with Gasteiger partial charge in [-0.1, -0.05) is 27.7 Å². The number of phenols is 1. The Morgan fingerprint density at radius 1 is 0.957 bits per heavy atom. The molecular weight excluding hydrogens is 298 g/mol. The Morgan fingerprint density at radius 3 is 1.96 bits per heavy atom. The average molecular weight is 318 g/mol. The van der Waals surface area contributed by atoms with Gasteiger partial charge >= 0.3 is 0 Å².